The predicted octanol–water partition coefficient (Wildman–Crippen LogP) is 5.27. The summed E-state index contributed by atoms with van der Waals surface area (Å²) in [6, 6.07) is 12.7. The Morgan fingerprint density at radius 3 is 2.58 bits per heavy atom. The number of benzene rings is 2. The number of Topliss-reactive ketones (excluding diaryl/α,β-unsaturated/α-hetero) is 1. The van der Waals surface area contributed by atoms with E-state index in [2.05, 4.69) is 10.1 Å². The maximum atomic E-state index is 13.5. The highest BCUT2D eigenvalue weighted by molar-refractivity contribution is 7.93. The van der Waals surface area contributed by atoms with Gasteiger partial charge in [0.05, 0.1) is 40.1 Å². The molecule has 0 spiro atoms. The van der Waals surface area contributed by atoms with Crippen LogP contribution in [-0.4, -0.2) is 41.3 Å². The summed E-state index contributed by atoms with van der Waals surface area (Å²) in [5.41, 5.74) is 12.0. The number of pyridine rings is 1. The van der Waals surface area contributed by atoms with E-state index in [4.69, 9.17) is 22.1 Å². The number of nitrogens with two attached hydrogens (primary N) is 1. The number of nitrogens with zero attached hydrogens (tertiary/aromatic N) is 4. The van der Waals surface area contributed by atoms with Crippen LogP contribution in [0.25, 0.3) is 11.8 Å². The van der Waals surface area contributed by atoms with Gasteiger partial charge in [0.25, 0.3) is 0 Å². The van der Waals surface area contributed by atoms with Crippen molar-refractivity contribution >= 4 is 45.0 Å². The lowest BCUT2D eigenvalue weighted by molar-refractivity contribution is 0.103. The van der Waals surface area contributed by atoms with Gasteiger partial charge in [-0.05, 0) is 72.9 Å². The van der Waals surface area contributed by atoms with Crippen molar-refractivity contribution in [3.05, 3.63) is 93.3 Å². The zero-order chi connectivity index (χ0) is 28.2. The first kappa shape index (κ1) is 26.1. The Labute approximate surface area is 236 Å². The summed E-state index contributed by atoms with van der Waals surface area (Å²) in [6.45, 7) is 4.23. The largest absolute Gasteiger partial charge is 0.437 e. The van der Waals surface area contributed by atoms with Gasteiger partial charge in [-0.15, -0.1) is 0 Å². The second-order valence-corrected chi connectivity index (χ2v) is 12.4. The number of rotatable bonds is 6. The number of aromatic nitrogens is 3. The monoisotopic (exact) mass is 575 g/mol. The summed E-state index contributed by atoms with van der Waals surface area (Å²) in [7, 11) is -3.30. The third-order valence-corrected chi connectivity index (χ3v) is 9.38. The van der Waals surface area contributed by atoms with Gasteiger partial charge in [-0.25, -0.2) is 18.1 Å². The molecule has 1 saturated heterocycles. The van der Waals surface area contributed by atoms with Crippen molar-refractivity contribution in [2.75, 3.05) is 22.3 Å². The fourth-order valence-corrected chi connectivity index (χ4v) is 6.95. The van der Waals surface area contributed by atoms with Crippen molar-refractivity contribution in [2.24, 2.45) is 0 Å². The number of hydrogen-bond donors (Lipinski definition) is 1. The fraction of sp³-hybridized carbons (Fsp3) is 0.207. The molecule has 2 aromatic heterocycles. The molecule has 0 saturated carbocycles. The van der Waals surface area contributed by atoms with Crippen LogP contribution in [0.4, 0.5) is 11.5 Å². The van der Waals surface area contributed by atoms with Crippen LogP contribution >= 0.6 is 11.6 Å². The van der Waals surface area contributed by atoms with Crippen molar-refractivity contribution in [2.45, 2.75) is 26.7 Å². The molecule has 0 amide bonds. The number of ether oxygens (including phenoxy) is 1. The third kappa shape index (κ3) is 4.52. The smallest absolute Gasteiger partial charge is 0.235 e. The van der Waals surface area contributed by atoms with E-state index in [1.807, 2.05) is 44.2 Å². The molecule has 1 fully saturated rings. The average molecular weight is 576 g/mol. The Morgan fingerprint density at radius 1 is 1.07 bits per heavy atom. The molecule has 2 aliphatic rings. The van der Waals surface area contributed by atoms with Gasteiger partial charge in [-0.2, -0.15) is 5.10 Å². The molecule has 1 aliphatic carbocycles. The summed E-state index contributed by atoms with van der Waals surface area (Å²) < 4.78 is 33.7. The van der Waals surface area contributed by atoms with Crippen molar-refractivity contribution in [3.63, 3.8) is 0 Å². The van der Waals surface area contributed by atoms with E-state index in [0.29, 0.717) is 53.0 Å². The lowest BCUT2D eigenvalue weighted by atomic mass is 10.0. The molecular weight excluding hydrogens is 550 g/mol. The number of carbonyl (C=O) groups excluding carboxylic acids is 1. The van der Waals surface area contributed by atoms with Crippen LogP contribution in [-0.2, 0) is 16.4 Å². The van der Waals surface area contributed by atoms with Gasteiger partial charge in [0.15, 0.2) is 5.78 Å². The number of sulfonamides is 1. The minimum Gasteiger partial charge on any atom is -0.437 e. The second-order valence-electron chi connectivity index (χ2n) is 9.95. The van der Waals surface area contributed by atoms with E-state index in [9.17, 15) is 13.2 Å². The topological polar surface area (TPSA) is 120 Å². The number of fused-ring (bicyclic) bond motifs is 1. The van der Waals surface area contributed by atoms with Gasteiger partial charge in [-0.3, -0.25) is 9.10 Å². The number of allylic oxidation sites excluding steroid dienone is 1. The molecule has 6 rings (SSSR count). The van der Waals surface area contributed by atoms with Crippen LogP contribution in [0.5, 0.6) is 11.6 Å². The predicted molar refractivity (Wildman–Crippen MR) is 155 cm³/mol. The number of aryl methyl sites for hydroxylation is 2. The normalized spacial score (nSPS) is 15.7. The highest BCUT2D eigenvalue weighted by Crippen LogP contribution is 2.36. The standard InChI is InChI=1S/C29H26ClN5O4S/c1-17-10-19-12-21(13-20(19)14-24(17)34-8-5-9-40(34,37)38)28(36)22-15-33-35(29(22)31)25-16-32-27(11-18(25)2)39-26-7-4-3-6-23(26)30/h3-4,6-7,10-12,14-16H,5,8-9,13,31H2,1-2H3. The van der Waals surface area contributed by atoms with Gasteiger partial charge in [0.2, 0.25) is 15.9 Å². The summed E-state index contributed by atoms with van der Waals surface area (Å²) in [4.78, 5) is 17.9. The highest BCUT2D eigenvalue weighted by Gasteiger charge is 2.31. The SMILES string of the molecule is Cc1cc2c(cc1N1CCCS1(=O)=O)CC(C(=O)c1cnn(-c3cnc(Oc4ccccc4Cl)cc3C)c1N)=C2. The molecule has 0 unspecified atom stereocenters. The van der Waals surface area contributed by atoms with Crippen LogP contribution < -0.4 is 14.8 Å². The maximum absolute atomic E-state index is 13.5. The Morgan fingerprint density at radius 2 is 1.85 bits per heavy atom. The molecule has 3 heterocycles. The van der Waals surface area contributed by atoms with Crippen molar-refractivity contribution in [1.29, 1.82) is 0 Å². The van der Waals surface area contributed by atoms with Crippen LogP contribution in [0.15, 0.2) is 60.4 Å². The van der Waals surface area contributed by atoms with E-state index in [1.165, 1.54) is 15.2 Å². The highest BCUT2D eigenvalue weighted by atomic mass is 35.5. The molecule has 0 atom stereocenters. The molecule has 4 aromatic rings. The number of carbonyl (C=O) groups is 1. The zero-order valence-corrected chi connectivity index (χ0v) is 23.5. The number of ketones is 1. The van der Waals surface area contributed by atoms with Crippen LogP contribution in [0.3, 0.4) is 0 Å². The quantitative estimate of drug-likeness (QED) is 0.311. The minimum absolute atomic E-state index is 0.154. The van der Waals surface area contributed by atoms with E-state index in [-0.39, 0.29) is 22.9 Å². The number of halogens is 1. The summed E-state index contributed by atoms with van der Waals surface area (Å²) in [6.07, 6.45) is 5.88. The van der Waals surface area contributed by atoms with Crippen LogP contribution in [0.1, 0.15) is 39.0 Å². The van der Waals surface area contributed by atoms with Crippen molar-refractivity contribution < 1.29 is 17.9 Å². The molecule has 0 radical (unpaired) electrons. The van der Waals surface area contributed by atoms with E-state index < -0.39 is 10.0 Å². The molecule has 40 heavy (non-hydrogen) atoms. The number of nitrogen functional groups attached to an aromatic ring is 1. The first-order valence-electron chi connectivity index (χ1n) is 12.7. The average Bonchev–Trinajstić information content (AvgIpc) is 3.60. The number of hydrogen-bond acceptors (Lipinski definition) is 7. The second kappa shape index (κ2) is 9.79. The van der Waals surface area contributed by atoms with Crippen molar-refractivity contribution in [3.8, 4) is 17.3 Å². The molecule has 1 aliphatic heterocycles. The molecule has 2 N–H and O–H groups in total. The van der Waals surface area contributed by atoms with E-state index >= 15 is 0 Å². The Kier molecular flexibility index (Phi) is 6.39. The van der Waals surface area contributed by atoms with Crippen molar-refractivity contribution in [1.82, 2.24) is 14.8 Å². The first-order chi connectivity index (χ1) is 19.1. The molecule has 0 bridgehead atoms. The summed E-state index contributed by atoms with van der Waals surface area (Å²) >= 11 is 6.19. The van der Waals surface area contributed by atoms with Crippen LogP contribution in [0, 0.1) is 13.8 Å². The van der Waals surface area contributed by atoms with Crippen LogP contribution in [0.2, 0.25) is 5.02 Å². The fourth-order valence-electron chi connectivity index (χ4n) is 5.16. The van der Waals surface area contributed by atoms with Gasteiger partial charge < -0.3 is 10.5 Å². The minimum atomic E-state index is -3.30. The van der Waals surface area contributed by atoms with Gasteiger partial charge in [-0.1, -0.05) is 23.7 Å². The third-order valence-electron chi connectivity index (χ3n) is 7.22. The molecule has 9 nitrogen and oxygen atoms in total. The van der Waals surface area contributed by atoms with E-state index in [1.54, 1.807) is 24.4 Å². The first-order valence-corrected chi connectivity index (χ1v) is 14.7. The molecule has 11 heteroatoms. The molecule has 204 valence electrons. The Hall–Kier alpha value is -4.15. The number of para-hydroxylation sites is 1. The van der Waals surface area contributed by atoms with Gasteiger partial charge >= 0.3 is 0 Å². The zero-order valence-electron chi connectivity index (χ0n) is 21.9. The Balaban J connectivity index is 1.24. The lowest BCUT2D eigenvalue weighted by Gasteiger charge is -2.20. The van der Waals surface area contributed by atoms with E-state index in [0.717, 1.165) is 22.3 Å². The Bertz CT molecular complexity index is 1830. The summed E-state index contributed by atoms with van der Waals surface area (Å²) in [5, 5.41) is 4.85. The van der Waals surface area contributed by atoms with Gasteiger partial charge in [0.1, 0.15) is 11.6 Å². The summed E-state index contributed by atoms with van der Waals surface area (Å²) in [5.74, 6) is 0.983. The lowest BCUT2D eigenvalue weighted by Crippen LogP contribution is -2.26. The molecular formula is C29H26ClN5O4S. The van der Waals surface area contributed by atoms with Gasteiger partial charge in [0, 0.05) is 24.6 Å². The maximum Gasteiger partial charge on any atom is 0.235 e. The molecule has 2 aromatic carbocycles. The number of anilines is 2.